The fourth-order valence-electron chi connectivity index (χ4n) is 2.94. The first-order chi connectivity index (χ1) is 10.6. The van der Waals surface area contributed by atoms with Crippen molar-refractivity contribution in [2.45, 2.75) is 25.7 Å². The third-order valence-corrected chi connectivity index (χ3v) is 5.27. The number of hydrogen-bond acceptors (Lipinski definition) is 4. The maximum Gasteiger partial charge on any atom is 0.263 e. The van der Waals surface area contributed by atoms with E-state index in [0.29, 0.717) is 16.3 Å². The number of ketones is 1. The molecule has 1 aliphatic heterocycles. The Kier molecular flexibility index (Phi) is 4.11. The summed E-state index contributed by atoms with van der Waals surface area (Å²) in [5.74, 6) is 1.35. The Bertz CT molecular complexity index is 704. The monoisotopic (exact) mass is 317 g/mol. The van der Waals surface area contributed by atoms with Crippen LogP contribution in [0.2, 0.25) is 0 Å². The minimum atomic E-state index is 0.00795. The van der Waals surface area contributed by atoms with Crippen LogP contribution in [0.1, 0.15) is 50.9 Å². The van der Waals surface area contributed by atoms with E-state index >= 15 is 0 Å². The molecule has 3 heterocycles. The van der Waals surface area contributed by atoms with Crippen molar-refractivity contribution >= 4 is 23.0 Å². The molecule has 116 valence electrons. The number of rotatable bonds is 3. The van der Waals surface area contributed by atoms with E-state index in [1.807, 2.05) is 22.7 Å². The Morgan fingerprint density at radius 2 is 2.09 bits per heavy atom. The molecule has 3 rings (SSSR count). The molecular weight excluding hydrogens is 298 g/mol. The van der Waals surface area contributed by atoms with Gasteiger partial charge in [0.2, 0.25) is 0 Å². The maximum atomic E-state index is 12.6. The SMILES string of the molecule is CC(=O)c1ccc(C(=O)N2CCC[C@@H](c3nccn3C)C2)s1. The fraction of sp³-hybridized carbons (Fsp3) is 0.438. The average molecular weight is 317 g/mol. The van der Waals surface area contributed by atoms with E-state index in [4.69, 9.17) is 0 Å². The Morgan fingerprint density at radius 3 is 2.73 bits per heavy atom. The van der Waals surface area contributed by atoms with E-state index in [1.54, 1.807) is 18.3 Å². The number of hydrogen-bond donors (Lipinski definition) is 0. The van der Waals surface area contributed by atoms with E-state index in [0.717, 1.165) is 25.2 Å². The van der Waals surface area contributed by atoms with E-state index in [-0.39, 0.29) is 17.6 Å². The van der Waals surface area contributed by atoms with Crippen molar-refractivity contribution < 1.29 is 9.59 Å². The third-order valence-electron chi connectivity index (χ3n) is 4.10. The molecule has 6 heteroatoms. The number of carbonyl (C=O) groups is 2. The van der Waals surface area contributed by atoms with Gasteiger partial charge in [0.05, 0.1) is 9.75 Å². The molecule has 0 spiro atoms. The second-order valence-electron chi connectivity index (χ2n) is 5.71. The molecule has 0 unspecified atom stereocenters. The van der Waals surface area contributed by atoms with Crippen LogP contribution in [0.3, 0.4) is 0 Å². The highest BCUT2D eigenvalue weighted by Crippen LogP contribution is 2.27. The number of Topliss-reactive ketones (excluding diaryl/α,β-unsaturated/α-hetero) is 1. The van der Waals surface area contributed by atoms with Crippen LogP contribution in [-0.4, -0.2) is 39.2 Å². The Morgan fingerprint density at radius 1 is 1.32 bits per heavy atom. The van der Waals surface area contributed by atoms with E-state index in [1.165, 1.54) is 18.3 Å². The van der Waals surface area contributed by atoms with Crippen molar-refractivity contribution in [3.05, 3.63) is 40.1 Å². The molecular formula is C16H19N3O2S. The number of likely N-dealkylation sites (tertiary alicyclic amines) is 1. The second kappa shape index (κ2) is 6.04. The predicted octanol–water partition coefficient (Wildman–Crippen LogP) is 2.70. The highest BCUT2D eigenvalue weighted by atomic mass is 32.1. The lowest BCUT2D eigenvalue weighted by Gasteiger charge is -2.32. The largest absolute Gasteiger partial charge is 0.338 e. The van der Waals surface area contributed by atoms with Gasteiger partial charge in [-0.1, -0.05) is 0 Å². The number of nitrogens with zero attached hydrogens (tertiary/aromatic N) is 3. The summed E-state index contributed by atoms with van der Waals surface area (Å²) in [4.78, 5) is 31.6. The third kappa shape index (κ3) is 2.83. The quantitative estimate of drug-likeness (QED) is 0.818. The van der Waals surface area contributed by atoms with Crippen molar-refractivity contribution in [2.24, 2.45) is 7.05 Å². The van der Waals surface area contributed by atoms with Crippen LogP contribution in [0.15, 0.2) is 24.5 Å². The molecule has 0 saturated carbocycles. The molecule has 1 amide bonds. The van der Waals surface area contributed by atoms with Crippen LogP contribution in [-0.2, 0) is 7.05 Å². The summed E-state index contributed by atoms with van der Waals surface area (Å²) in [7, 11) is 1.99. The highest BCUT2D eigenvalue weighted by molar-refractivity contribution is 7.15. The number of aryl methyl sites for hydroxylation is 1. The summed E-state index contributed by atoms with van der Waals surface area (Å²) in [6, 6.07) is 3.49. The van der Waals surface area contributed by atoms with Gasteiger partial charge < -0.3 is 9.47 Å². The number of aromatic nitrogens is 2. The molecule has 0 bridgehead atoms. The normalized spacial score (nSPS) is 18.5. The van der Waals surface area contributed by atoms with Gasteiger partial charge >= 0.3 is 0 Å². The number of piperidine rings is 1. The van der Waals surface area contributed by atoms with Gasteiger partial charge in [0.1, 0.15) is 5.82 Å². The summed E-state index contributed by atoms with van der Waals surface area (Å²) in [6.45, 7) is 2.99. The van der Waals surface area contributed by atoms with E-state index in [9.17, 15) is 9.59 Å². The lowest BCUT2D eigenvalue weighted by atomic mass is 9.97. The lowest BCUT2D eigenvalue weighted by molar-refractivity contribution is 0.0708. The molecule has 0 radical (unpaired) electrons. The Labute approximate surface area is 133 Å². The molecule has 2 aromatic heterocycles. The smallest absolute Gasteiger partial charge is 0.263 e. The molecule has 1 fully saturated rings. The minimum Gasteiger partial charge on any atom is -0.338 e. The number of imidazole rings is 1. The Hall–Kier alpha value is -1.95. The van der Waals surface area contributed by atoms with Crippen LogP contribution in [0.25, 0.3) is 0 Å². The molecule has 22 heavy (non-hydrogen) atoms. The van der Waals surface area contributed by atoms with Crippen molar-refractivity contribution in [3.8, 4) is 0 Å². The van der Waals surface area contributed by atoms with Gasteiger partial charge in [0.25, 0.3) is 5.91 Å². The van der Waals surface area contributed by atoms with Crippen LogP contribution >= 0.6 is 11.3 Å². The van der Waals surface area contributed by atoms with Crippen molar-refractivity contribution in [1.29, 1.82) is 0 Å². The summed E-state index contributed by atoms with van der Waals surface area (Å²) >= 11 is 1.28. The average Bonchev–Trinajstić information content (AvgIpc) is 3.15. The van der Waals surface area contributed by atoms with Crippen LogP contribution in [0.4, 0.5) is 0 Å². The molecule has 1 saturated heterocycles. The first-order valence-electron chi connectivity index (χ1n) is 7.43. The van der Waals surface area contributed by atoms with Crippen molar-refractivity contribution in [1.82, 2.24) is 14.5 Å². The number of carbonyl (C=O) groups excluding carboxylic acids is 2. The molecule has 0 aromatic carbocycles. The number of amides is 1. The topological polar surface area (TPSA) is 55.2 Å². The molecule has 0 aliphatic carbocycles. The fourth-order valence-corrected chi connectivity index (χ4v) is 3.81. The van der Waals surface area contributed by atoms with E-state index in [2.05, 4.69) is 4.98 Å². The molecule has 1 atom stereocenters. The number of thiophene rings is 1. The molecule has 0 N–H and O–H groups in total. The lowest BCUT2D eigenvalue weighted by Crippen LogP contribution is -2.39. The van der Waals surface area contributed by atoms with Gasteiger partial charge in [-0.2, -0.15) is 0 Å². The van der Waals surface area contributed by atoms with Crippen molar-refractivity contribution in [2.75, 3.05) is 13.1 Å². The molecule has 1 aliphatic rings. The zero-order chi connectivity index (χ0) is 15.7. The summed E-state index contributed by atoms with van der Waals surface area (Å²) < 4.78 is 2.03. The van der Waals surface area contributed by atoms with Gasteiger partial charge in [-0.25, -0.2) is 4.98 Å². The van der Waals surface area contributed by atoms with Gasteiger partial charge in [0, 0.05) is 38.4 Å². The summed E-state index contributed by atoms with van der Waals surface area (Å²) in [5.41, 5.74) is 0. The van der Waals surface area contributed by atoms with Gasteiger partial charge in [-0.15, -0.1) is 11.3 Å². The molecule has 5 nitrogen and oxygen atoms in total. The van der Waals surface area contributed by atoms with Gasteiger partial charge in [-0.3, -0.25) is 9.59 Å². The van der Waals surface area contributed by atoms with Gasteiger partial charge in [-0.05, 0) is 31.9 Å². The van der Waals surface area contributed by atoms with Crippen LogP contribution in [0.5, 0.6) is 0 Å². The summed E-state index contributed by atoms with van der Waals surface area (Å²) in [5, 5.41) is 0. The maximum absolute atomic E-state index is 12.6. The highest BCUT2D eigenvalue weighted by Gasteiger charge is 2.28. The first kappa shape index (κ1) is 15.0. The zero-order valence-electron chi connectivity index (χ0n) is 12.8. The van der Waals surface area contributed by atoms with Gasteiger partial charge in [0.15, 0.2) is 5.78 Å². The minimum absolute atomic E-state index is 0.00795. The van der Waals surface area contributed by atoms with Crippen LogP contribution in [0, 0.1) is 0 Å². The van der Waals surface area contributed by atoms with Crippen molar-refractivity contribution in [3.63, 3.8) is 0 Å². The van der Waals surface area contributed by atoms with E-state index < -0.39 is 0 Å². The second-order valence-corrected chi connectivity index (χ2v) is 6.79. The molecule has 2 aromatic rings. The Balaban J connectivity index is 1.75. The standard InChI is InChI=1S/C16H19N3O2S/c1-11(20)13-5-6-14(22-13)16(21)19-8-3-4-12(10-19)15-17-7-9-18(15)2/h5-7,9,12H,3-4,8,10H2,1-2H3/t12-/m1/s1. The zero-order valence-corrected chi connectivity index (χ0v) is 13.6. The first-order valence-corrected chi connectivity index (χ1v) is 8.25. The summed E-state index contributed by atoms with van der Waals surface area (Å²) in [6.07, 6.45) is 5.77. The van der Waals surface area contributed by atoms with Crippen LogP contribution < -0.4 is 0 Å². The predicted molar refractivity (Wildman–Crippen MR) is 85.4 cm³/mol.